The lowest BCUT2D eigenvalue weighted by Gasteiger charge is -2.30. The molecule has 0 rings (SSSR count). The van der Waals surface area contributed by atoms with Gasteiger partial charge in [0.15, 0.2) is 0 Å². The maximum Gasteiger partial charge on any atom is 0.307 e. The van der Waals surface area contributed by atoms with E-state index in [0.29, 0.717) is 13.0 Å². The van der Waals surface area contributed by atoms with E-state index in [1.54, 1.807) is 7.11 Å². The predicted octanol–water partition coefficient (Wildman–Crippen LogP) is 0.886. The minimum Gasteiger partial charge on any atom is -0.463 e. The molecule has 0 unspecified atom stereocenters. The fraction of sp³-hybridized carbons (Fsp3) is 0.846. The Hall–Kier alpha value is -1.14. The minimum atomic E-state index is -0.580. The molecule has 0 saturated heterocycles. The summed E-state index contributed by atoms with van der Waals surface area (Å²) < 4.78 is 16.0. The van der Waals surface area contributed by atoms with Crippen LogP contribution in [-0.2, 0) is 23.8 Å². The smallest absolute Gasteiger partial charge is 0.307 e. The van der Waals surface area contributed by atoms with E-state index >= 15 is 0 Å². The molecule has 6 nitrogen and oxygen atoms in total. The van der Waals surface area contributed by atoms with Crippen LogP contribution >= 0.6 is 0 Å². The summed E-state index contributed by atoms with van der Waals surface area (Å²) in [6, 6.07) is 0. The molecule has 0 saturated carbocycles. The molecule has 0 aromatic carbocycles. The molecule has 0 aromatic heterocycles. The van der Waals surface area contributed by atoms with E-state index in [4.69, 9.17) is 14.2 Å². The minimum absolute atomic E-state index is 0.151. The second-order valence-corrected chi connectivity index (χ2v) is 5.49. The van der Waals surface area contributed by atoms with Gasteiger partial charge in [0.25, 0.3) is 0 Å². The van der Waals surface area contributed by atoms with Crippen molar-refractivity contribution in [2.24, 2.45) is 0 Å². The largest absolute Gasteiger partial charge is 0.463 e. The number of esters is 1. The van der Waals surface area contributed by atoms with Gasteiger partial charge < -0.3 is 19.5 Å². The van der Waals surface area contributed by atoms with Gasteiger partial charge >= 0.3 is 5.97 Å². The maximum absolute atomic E-state index is 11.4. The molecule has 0 aliphatic carbocycles. The molecule has 112 valence electrons. The van der Waals surface area contributed by atoms with Gasteiger partial charge in [-0.3, -0.25) is 9.59 Å². The van der Waals surface area contributed by atoms with Gasteiger partial charge in [0, 0.05) is 13.7 Å². The van der Waals surface area contributed by atoms with Crippen molar-refractivity contribution in [2.45, 2.75) is 45.3 Å². The van der Waals surface area contributed by atoms with Crippen molar-refractivity contribution < 1.29 is 23.8 Å². The highest BCUT2D eigenvalue weighted by atomic mass is 16.6. The average Bonchev–Trinajstić information content (AvgIpc) is 2.35. The van der Waals surface area contributed by atoms with E-state index in [2.05, 4.69) is 5.32 Å². The van der Waals surface area contributed by atoms with Gasteiger partial charge in [0.1, 0.15) is 6.61 Å². The van der Waals surface area contributed by atoms with Crippen molar-refractivity contribution in [3.63, 3.8) is 0 Å². The number of nitrogens with one attached hydrogen (secondary N) is 1. The first kappa shape index (κ1) is 17.9. The van der Waals surface area contributed by atoms with Crippen molar-refractivity contribution in [1.29, 1.82) is 0 Å². The van der Waals surface area contributed by atoms with Crippen LogP contribution in [0, 0.1) is 0 Å². The molecule has 0 aromatic rings. The molecule has 19 heavy (non-hydrogen) atoms. The molecule has 0 spiro atoms. The number of rotatable bonds is 10. The van der Waals surface area contributed by atoms with E-state index in [1.807, 2.05) is 27.7 Å². The summed E-state index contributed by atoms with van der Waals surface area (Å²) in [6.45, 7) is 8.36. The van der Waals surface area contributed by atoms with E-state index in [1.165, 1.54) is 0 Å². The van der Waals surface area contributed by atoms with E-state index < -0.39 is 5.60 Å². The van der Waals surface area contributed by atoms with Crippen LogP contribution in [0.25, 0.3) is 0 Å². The second-order valence-electron chi connectivity index (χ2n) is 5.49. The van der Waals surface area contributed by atoms with Crippen molar-refractivity contribution in [2.75, 3.05) is 26.9 Å². The highest BCUT2D eigenvalue weighted by Crippen LogP contribution is 2.16. The van der Waals surface area contributed by atoms with Crippen LogP contribution in [-0.4, -0.2) is 50.4 Å². The molecular weight excluding hydrogens is 250 g/mol. The number of amides is 1. The second kappa shape index (κ2) is 8.12. The van der Waals surface area contributed by atoms with Crippen LogP contribution in [0.15, 0.2) is 0 Å². The average molecular weight is 275 g/mol. The van der Waals surface area contributed by atoms with Crippen LogP contribution in [0.5, 0.6) is 0 Å². The number of methoxy groups -OCH3 is 1. The standard InChI is InChI=1S/C13H25NO5/c1-12(2,17-5)9-19-13(3,4)8-18-11(16)6-7-14-10-15/h10H,6-9H2,1-5H3,(H,14,15). The van der Waals surface area contributed by atoms with Crippen molar-refractivity contribution in [3.8, 4) is 0 Å². The lowest BCUT2D eigenvalue weighted by atomic mass is 10.1. The zero-order chi connectivity index (χ0) is 14.9. The lowest BCUT2D eigenvalue weighted by molar-refractivity contribution is -0.159. The topological polar surface area (TPSA) is 73.9 Å². The molecule has 6 heteroatoms. The lowest BCUT2D eigenvalue weighted by Crippen LogP contribution is -2.39. The molecule has 0 atom stereocenters. The highest BCUT2D eigenvalue weighted by Gasteiger charge is 2.26. The summed E-state index contributed by atoms with van der Waals surface area (Å²) in [5, 5.41) is 2.40. The first-order valence-electron chi connectivity index (χ1n) is 6.24. The maximum atomic E-state index is 11.4. The quantitative estimate of drug-likeness (QED) is 0.364. The number of hydrogen-bond acceptors (Lipinski definition) is 5. The predicted molar refractivity (Wildman–Crippen MR) is 70.8 cm³/mol. The molecule has 0 heterocycles. The summed E-state index contributed by atoms with van der Waals surface area (Å²) in [5.41, 5.74) is -0.960. The van der Waals surface area contributed by atoms with Crippen LogP contribution in [0.3, 0.4) is 0 Å². The van der Waals surface area contributed by atoms with Gasteiger partial charge in [-0.15, -0.1) is 0 Å². The van der Waals surface area contributed by atoms with Gasteiger partial charge in [-0.25, -0.2) is 0 Å². The Balaban J connectivity index is 3.95. The Morgan fingerprint density at radius 2 is 1.79 bits per heavy atom. The summed E-state index contributed by atoms with van der Waals surface area (Å²) in [4.78, 5) is 21.4. The Kier molecular flexibility index (Phi) is 7.63. The third-order valence-electron chi connectivity index (χ3n) is 2.50. The van der Waals surface area contributed by atoms with Crippen molar-refractivity contribution in [3.05, 3.63) is 0 Å². The Morgan fingerprint density at radius 1 is 1.16 bits per heavy atom. The van der Waals surface area contributed by atoms with Gasteiger partial charge in [-0.1, -0.05) is 0 Å². The SMILES string of the molecule is COC(C)(C)COC(C)(C)COC(=O)CCNC=O. The van der Waals surface area contributed by atoms with Crippen molar-refractivity contribution in [1.82, 2.24) is 5.32 Å². The number of hydrogen-bond donors (Lipinski definition) is 1. The molecule has 0 fully saturated rings. The van der Waals surface area contributed by atoms with Gasteiger partial charge in [0.05, 0.1) is 24.2 Å². The Bertz CT molecular complexity index is 289. The molecular formula is C13H25NO5. The van der Waals surface area contributed by atoms with Crippen LogP contribution in [0.4, 0.5) is 0 Å². The first-order chi connectivity index (χ1) is 8.72. The molecule has 0 radical (unpaired) electrons. The van der Waals surface area contributed by atoms with E-state index in [0.717, 1.165) is 0 Å². The molecule has 0 aliphatic heterocycles. The first-order valence-corrected chi connectivity index (χ1v) is 6.24. The van der Waals surface area contributed by atoms with Gasteiger partial charge in [-0.2, -0.15) is 0 Å². The number of ether oxygens (including phenoxy) is 3. The fourth-order valence-electron chi connectivity index (χ4n) is 1.03. The van der Waals surface area contributed by atoms with Crippen LogP contribution in [0.2, 0.25) is 0 Å². The Labute approximate surface area is 114 Å². The fourth-order valence-corrected chi connectivity index (χ4v) is 1.03. The Morgan fingerprint density at radius 3 is 2.32 bits per heavy atom. The molecule has 0 aliphatic rings. The number of carbonyl (C=O) groups is 2. The monoisotopic (exact) mass is 275 g/mol. The van der Waals surface area contributed by atoms with Gasteiger partial charge in [-0.05, 0) is 27.7 Å². The zero-order valence-electron chi connectivity index (χ0n) is 12.4. The summed E-state index contributed by atoms with van der Waals surface area (Å²) in [7, 11) is 1.62. The highest BCUT2D eigenvalue weighted by molar-refractivity contribution is 5.70. The molecule has 1 amide bonds. The molecule has 0 bridgehead atoms. The third-order valence-corrected chi connectivity index (χ3v) is 2.50. The molecule has 1 N–H and O–H groups in total. The van der Waals surface area contributed by atoms with Crippen LogP contribution < -0.4 is 5.32 Å². The van der Waals surface area contributed by atoms with Crippen molar-refractivity contribution >= 4 is 12.4 Å². The summed E-state index contributed by atoms with van der Waals surface area (Å²) >= 11 is 0. The number of carbonyl (C=O) groups excluding carboxylic acids is 2. The van der Waals surface area contributed by atoms with E-state index in [-0.39, 0.29) is 31.1 Å². The normalized spacial score (nSPS) is 12.1. The summed E-state index contributed by atoms with van der Waals surface area (Å²) in [5.74, 6) is -0.364. The van der Waals surface area contributed by atoms with Gasteiger partial charge in [0.2, 0.25) is 6.41 Å². The third kappa shape index (κ3) is 9.44. The summed E-state index contributed by atoms with van der Waals surface area (Å²) in [6.07, 6.45) is 0.700. The van der Waals surface area contributed by atoms with Crippen LogP contribution in [0.1, 0.15) is 34.1 Å². The zero-order valence-corrected chi connectivity index (χ0v) is 12.4. The van der Waals surface area contributed by atoms with E-state index in [9.17, 15) is 9.59 Å².